The van der Waals surface area contributed by atoms with Crippen LogP contribution in [-0.2, 0) is 23.2 Å². The Morgan fingerprint density at radius 1 is 1.35 bits per heavy atom. The topological polar surface area (TPSA) is 94.5 Å². The van der Waals surface area contributed by atoms with Gasteiger partial charge < -0.3 is 15.8 Å². The average Bonchev–Trinajstić information content (AvgIpc) is 3.23. The largest absolute Gasteiger partial charge is 0.383 e. The molecule has 0 radical (unpaired) electrons. The molecule has 0 bridgehead atoms. The third kappa shape index (κ3) is 6.15. The Bertz CT molecular complexity index is 961. The van der Waals surface area contributed by atoms with E-state index in [-0.39, 0.29) is 23.9 Å². The van der Waals surface area contributed by atoms with Gasteiger partial charge in [-0.25, -0.2) is 4.99 Å². The molecule has 1 fully saturated rings. The van der Waals surface area contributed by atoms with Crippen LogP contribution in [0, 0.1) is 0 Å². The van der Waals surface area contributed by atoms with Crippen LogP contribution in [0.1, 0.15) is 43.7 Å². The fourth-order valence-corrected chi connectivity index (χ4v) is 3.75. The van der Waals surface area contributed by atoms with E-state index in [0.717, 1.165) is 42.4 Å². The third-order valence-corrected chi connectivity index (χ3v) is 5.54. The second kappa shape index (κ2) is 10.7. The Morgan fingerprint density at radius 3 is 2.77 bits per heavy atom. The number of allylic oxidation sites excluding steroid dienone is 1. The van der Waals surface area contributed by atoms with Crippen LogP contribution in [0.15, 0.2) is 65.2 Å². The second-order valence-corrected chi connectivity index (χ2v) is 7.89. The van der Waals surface area contributed by atoms with Crippen LogP contribution in [0.4, 0.5) is 0 Å². The molecule has 7 nitrogen and oxygen atoms in total. The summed E-state index contributed by atoms with van der Waals surface area (Å²) in [6.45, 7) is 5.92. The molecule has 1 aliphatic carbocycles. The maximum Gasteiger partial charge on any atom is 0.255 e. The van der Waals surface area contributed by atoms with Gasteiger partial charge in [0.2, 0.25) is 0 Å². The molecule has 7 heteroatoms. The first kappa shape index (κ1) is 22.5. The number of nitrogens with zero attached hydrogens (tertiary/aromatic N) is 3. The Hall–Kier alpha value is -3.19. The van der Waals surface area contributed by atoms with E-state index in [9.17, 15) is 4.79 Å². The van der Waals surface area contributed by atoms with Gasteiger partial charge in [-0.15, -0.1) is 0 Å². The number of ether oxygens (including phenoxy) is 1. The van der Waals surface area contributed by atoms with E-state index >= 15 is 0 Å². The highest BCUT2D eigenvalue weighted by Gasteiger charge is 2.28. The number of hydrogen-bond acceptors (Lipinski definition) is 5. The Kier molecular flexibility index (Phi) is 7.78. The Labute approximate surface area is 183 Å². The molecule has 3 N–H and O–H groups in total. The van der Waals surface area contributed by atoms with Crippen molar-refractivity contribution in [2.75, 3.05) is 0 Å². The highest BCUT2D eigenvalue weighted by molar-refractivity contribution is 5.99. The van der Waals surface area contributed by atoms with Crippen LogP contribution in [0.2, 0.25) is 0 Å². The lowest BCUT2D eigenvalue weighted by Crippen LogP contribution is -2.46. The first-order valence-electron chi connectivity index (χ1n) is 10.6. The number of benzene rings is 1. The fourth-order valence-electron chi connectivity index (χ4n) is 3.75. The van der Waals surface area contributed by atoms with Gasteiger partial charge >= 0.3 is 0 Å². The number of rotatable bonds is 8. The van der Waals surface area contributed by atoms with Crippen molar-refractivity contribution in [3.63, 3.8) is 0 Å². The lowest BCUT2D eigenvalue weighted by atomic mass is 9.92. The summed E-state index contributed by atoms with van der Waals surface area (Å²) in [6, 6.07) is 9.99. The van der Waals surface area contributed by atoms with Crippen molar-refractivity contribution in [1.82, 2.24) is 15.1 Å². The van der Waals surface area contributed by atoms with Crippen molar-refractivity contribution >= 4 is 18.2 Å². The molecule has 0 saturated heterocycles. The standard InChI is InChI=1S/C24H31N5O2/c1-17(19-14-27-29(3)15-19)13-20(23(25)26-2)24(30)28-21-11-7-8-12-22(21)31-16-18-9-5-4-6-10-18/h4-6,9-10,13-15,21-22H,2,7-8,11-12,16,25H2,1,3H3,(H,28,30)/b17-13+,23-20+/t21?,22-/m0/s1. The van der Waals surface area contributed by atoms with Gasteiger partial charge in [-0.1, -0.05) is 43.2 Å². The highest BCUT2D eigenvalue weighted by atomic mass is 16.5. The SMILES string of the molecule is C=N/C(N)=C(\C=C(/C)c1cnn(C)c1)C(=O)NC1CCCC[C@@H]1OCc1ccccc1. The predicted octanol–water partition coefficient (Wildman–Crippen LogP) is 3.34. The summed E-state index contributed by atoms with van der Waals surface area (Å²) in [7, 11) is 1.85. The van der Waals surface area contributed by atoms with Gasteiger partial charge in [0.05, 0.1) is 30.5 Å². The number of nitrogens with two attached hydrogens (primary N) is 1. The fraction of sp³-hybridized carbons (Fsp3) is 0.375. The van der Waals surface area contributed by atoms with E-state index in [2.05, 4.69) is 22.1 Å². The van der Waals surface area contributed by atoms with Crippen LogP contribution in [-0.4, -0.2) is 34.6 Å². The number of hydrogen-bond donors (Lipinski definition) is 2. The normalized spacial score (nSPS) is 20.1. The van der Waals surface area contributed by atoms with Crippen molar-refractivity contribution in [2.24, 2.45) is 17.8 Å². The zero-order valence-electron chi connectivity index (χ0n) is 18.3. The van der Waals surface area contributed by atoms with Crippen LogP contribution >= 0.6 is 0 Å². The number of nitrogens with one attached hydrogen (secondary N) is 1. The van der Waals surface area contributed by atoms with E-state index in [1.54, 1.807) is 17.0 Å². The molecule has 31 heavy (non-hydrogen) atoms. The number of carbonyl (C=O) groups is 1. The molecular formula is C24H31N5O2. The number of aromatic nitrogens is 2. The van der Waals surface area contributed by atoms with E-state index < -0.39 is 0 Å². The molecule has 2 atom stereocenters. The minimum absolute atomic E-state index is 0.0412. The van der Waals surface area contributed by atoms with Crippen LogP contribution in [0.5, 0.6) is 0 Å². The van der Waals surface area contributed by atoms with E-state index in [0.29, 0.717) is 12.2 Å². The van der Waals surface area contributed by atoms with Crippen molar-refractivity contribution in [1.29, 1.82) is 0 Å². The van der Waals surface area contributed by atoms with Crippen molar-refractivity contribution in [2.45, 2.75) is 51.4 Å². The molecule has 1 heterocycles. The van der Waals surface area contributed by atoms with Gasteiger partial charge in [-0.3, -0.25) is 9.48 Å². The van der Waals surface area contributed by atoms with Gasteiger partial charge in [0.25, 0.3) is 5.91 Å². The maximum absolute atomic E-state index is 13.1. The van der Waals surface area contributed by atoms with Crippen LogP contribution in [0.25, 0.3) is 5.57 Å². The minimum atomic E-state index is -0.270. The molecule has 0 spiro atoms. The molecule has 1 aliphatic rings. The zero-order chi connectivity index (χ0) is 22.2. The van der Waals surface area contributed by atoms with E-state index in [1.807, 2.05) is 50.5 Å². The summed E-state index contributed by atoms with van der Waals surface area (Å²) in [5, 5.41) is 7.31. The molecule has 1 aromatic carbocycles. The maximum atomic E-state index is 13.1. The third-order valence-electron chi connectivity index (χ3n) is 5.54. The van der Waals surface area contributed by atoms with Gasteiger partial charge in [-0.2, -0.15) is 5.10 Å². The summed E-state index contributed by atoms with van der Waals surface area (Å²) >= 11 is 0. The van der Waals surface area contributed by atoms with Gasteiger partial charge in [0.1, 0.15) is 5.82 Å². The lowest BCUT2D eigenvalue weighted by Gasteiger charge is -2.32. The first-order valence-corrected chi connectivity index (χ1v) is 10.6. The number of aryl methyl sites for hydroxylation is 1. The summed E-state index contributed by atoms with van der Waals surface area (Å²) < 4.78 is 7.89. The van der Waals surface area contributed by atoms with E-state index in [4.69, 9.17) is 10.5 Å². The Balaban J connectivity index is 1.72. The van der Waals surface area contributed by atoms with Gasteiger partial charge in [0, 0.05) is 18.8 Å². The van der Waals surface area contributed by atoms with Crippen molar-refractivity contribution < 1.29 is 9.53 Å². The monoisotopic (exact) mass is 421 g/mol. The van der Waals surface area contributed by atoms with E-state index in [1.165, 1.54) is 0 Å². The first-order chi connectivity index (χ1) is 15.0. The summed E-state index contributed by atoms with van der Waals surface area (Å²) in [6.07, 6.45) is 9.24. The zero-order valence-corrected chi connectivity index (χ0v) is 18.3. The summed E-state index contributed by atoms with van der Waals surface area (Å²) in [5.74, 6) is -0.174. The summed E-state index contributed by atoms with van der Waals surface area (Å²) in [5.41, 5.74) is 9.21. The molecule has 164 valence electrons. The Morgan fingerprint density at radius 2 is 2.10 bits per heavy atom. The van der Waals surface area contributed by atoms with Crippen LogP contribution < -0.4 is 11.1 Å². The predicted molar refractivity (Wildman–Crippen MR) is 123 cm³/mol. The van der Waals surface area contributed by atoms with Crippen LogP contribution in [0.3, 0.4) is 0 Å². The molecule has 3 rings (SSSR count). The number of amides is 1. The average molecular weight is 422 g/mol. The molecular weight excluding hydrogens is 390 g/mol. The highest BCUT2D eigenvalue weighted by Crippen LogP contribution is 2.24. The second-order valence-electron chi connectivity index (χ2n) is 7.89. The molecule has 1 unspecified atom stereocenters. The van der Waals surface area contributed by atoms with Gasteiger partial charge in [-0.05, 0) is 43.7 Å². The molecule has 0 aliphatic heterocycles. The quantitative estimate of drug-likeness (QED) is 0.388. The molecule has 1 aromatic heterocycles. The van der Waals surface area contributed by atoms with Gasteiger partial charge in [0.15, 0.2) is 0 Å². The molecule has 2 aromatic rings. The van der Waals surface area contributed by atoms with Crippen molar-refractivity contribution in [3.05, 3.63) is 71.3 Å². The summed E-state index contributed by atoms with van der Waals surface area (Å²) in [4.78, 5) is 16.9. The van der Waals surface area contributed by atoms with Crippen molar-refractivity contribution in [3.8, 4) is 0 Å². The lowest BCUT2D eigenvalue weighted by molar-refractivity contribution is -0.119. The smallest absolute Gasteiger partial charge is 0.255 e. The molecule has 1 saturated carbocycles. The number of aliphatic imine (C=N–C) groups is 1. The number of carbonyl (C=O) groups excluding carboxylic acids is 1. The minimum Gasteiger partial charge on any atom is -0.383 e. The molecule has 1 amide bonds.